The van der Waals surface area contributed by atoms with E-state index in [1.807, 2.05) is 20.8 Å². The number of nitrogens with zero attached hydrogens (tertiary/aromatic N) is 1. The van der Waals surface area contributed by atoms with E-state index in [1.165, 1.54) is 17.0 Å². The summed E-state index contributed by atoms with van der Waals surface area (Å²) >= 11 is 0. The molecule has 1 aliphatic rings. The van der Waals surface area contributed by atoms with Gasteiger partial charge in [0.1, 0.15) is 5.78 Å². The van der Waals surface area contributed by atoms with E-state index in [9.17, 15) is 4.79 Å². The minimum Gasteiger partial charge on any atom is -0.299 e. The molecule has 1 atom stereocenters. The summed E-state index contributed by atoms with van der Waals surface area (Å²) in [7, 11) is 0. The van der Waals surface area contributed by atoms with Gasteiger partial charge >= 0.3 is 0 Å². The second-order valence-electron chi connectivity index (χ2n) is 6.52. The molecule has 0 radical (unpaired) electrons. The standard InChI is InChI=1S/C15H24N2O/c1-10-12-7-5-6-11(14(18)15(2,3)4)8-9-13(12)17-16-10/h11H,5-9H2,1-4H3,(H,16,17)/t11-/m1/s1. The van der Waals surface area contributed by atoms with Crippen molar-refractivity contribution in [1.82, 2.24) is 10.2 Å². The third-order valence-corrected chi connectivity index (χ3v) is 3.98. The summed E-state index contributed by atoms with van der Waals surface area (Å²) in [5.41, 5.74) is 3.55. The van der Waals surface area contributed by atoms with Crippen LogP contribution in [-0.2, 0) is 17.6 Å². The number of rotatable bonds is 1. The van der Waals surface area contributed by atoms with Crippen LogP contribution < -0.4 is 0 Å². The fourth-order valence-corrected chi connectivity index (χ4v) is 2.90. The zero-order chi connectivity index (χ0) is 13.3. The Morgan fingerprint density at radius 3 is 2.67 bits per heavy atom. The van der Waals surface area contributed by atoms with Crippen molar-refractivity contribution in [2.75, 3.05) is 0 Å². The first-order chi connectivity index (χ1) is 8.39. The highest BCUT2D eigenvalue weighted by Crippen LogP contribution is 2.30. The monoisotopic (exact) mass is 248 g/mol. The SMILES string of the molecule is Cc1[nH]nc2c1CCC[C@@H](C(=O)C(C)(C)C)CC2. The Labute approximate surface area is 109 Å². The van der Waals surface area contributed by atoms with Gasteiger partial charge in [-0.05, 0) is 44.6 Å². The number of ketones is 1. The Balaban J connectivity index is 2.11. The lowest BCUT2D eigenvalue weighted by Crippen LogP contribution is -2.29. The zero-order valence-corrected chi connectivity index (χ0v) is 12.0. The van der Waals surface area contributed by atoms with Crippen molar-refractivity contribution in [1.29, 1.82) is 0 Å². The smallest absolute Gasteiger partial charge is 0.141 e. The van der Waals surface area contributed by atoms with E-state index in [0.717, 1.165) is 32.1 Å². The third-order valence-electron chi connectivity index (χ3n) is 3.98. The summed E-state index contributed by atoms with van der Waals surface area (Å²) in [5, 5.41) is 7.45. The second kappa shape index (κ2) is 4.87. The van der Waals surface area contributed by atoms with Crippen LogP contribution in [0.25, 0.3) is 0 Å². The highest BCUT2D eigenvalue weighted by Gasteiger charge is 2.30. The Morgan fingerprint density at radius 2 is 2.00 bits per heavy atom. The Morgan fingerprint density at radius 1 is 1.28 bits per heavy atom. The van der Waals surface area contributed by atoms with Gasteiger partial charge in [-0.1, -0.05) is 20.8 Å². The van der Waals surface area contributed by atoms with Crippen molar-refractivity contribution in [3.05, 3.63) is 17.0 Å². The van der Waals surface area contributed by atoms with Crippen molar-refractivity contribution < 1.29 is 4.79 Å². The molecule has 1 aliphatic carbocycles. The summed E-state index contributed by atoms with van der Waals surface area (Å²) in [4.78, 5) is 12.4. The maximum absolute atomic E-state index is 12.4. The molecule has 1 aromatic heterocycles. The number of fused-ring (bicyclic) bond motifs is 1. The van der Waals surface area contributed by atoms with Crippen LogP contribution in [0.5, 0.6) is 0 Å². The lowest BCUT2D eigenvalue weighted by Gasteiger charge is -2.25. The first-order valence-electron chi connectivity index (χ1n) is 6.96. The predicted molar refractivity (Wildman–Crippen MR) is 72.5 cm³/mol. The highest BCUT2D eigenvalue weighted by molar-refractivity contribution is 5.85. The molecule has 0 amide bonds. The van der Waals surface area contributed by atoms with Crippen molar-refractivity contribution >= 4 is 5.78 Å². The molecule has 18 heavy (non-hydrogen) atoms. The first kappa shape index (κ1) is 13.3. The molecule has 0 saturated heterocycles. The second-order valence-corrected chi connectivity index (χ2v) is 6.52. The number of aromatic amines is 1. The van der Waals surface area contributed by atoms with E-state index < -0.39 is 0 Å². The molecule has 3 heteroatoms. The van der Waals surface area contributed by atoms with Gasteiger partial charge in [0.15, 0.2) is 0 Å². The van der Waals surface area contributed by atoms with Gasteiger partial charge in [0.2, 0.25) is 0 Å². The number of Topliss-reactive ketones (excluding diaryl/α,β-unsaturated/α-hetero) is 1. The minimum absolute atomic E-state index is 0.214. The molecule has 100 valence electrons. The molecule has 0 aliphatic heterocycles. The van der Waals surface area contributed by atoms with Gasteiger partial charge in [-0.25, -0.2) is 0 Å². The van der Waals surface area contributed by atoms with Crippen LogP contribution in [0, 0.1) is 18.3 Å². The fraction of sp³-hybridized carbons (Fsp3) is 0.733. The number of nitrogens with one attached hydrogen (secondary N) is 1. The highest BCUT2D eigenvalue weighted by atomic mass is 16.1. The summed E-state index contributed by atoms with van der Waals surface area (Å²) in [6.45, 7) is 8.17. The minimum atomic E-state index is -0.214. The molecule has 0 aromatic carbocycles. The molecule has 0 bridgehead atoms. The van der Waals surface area contributed by atoms with E-state index in [4.69, 9.17) is 0 Å². The quantitative estimate of drug-likeness (QED) is 0.829. The predicted octanol–water partition coefficient (Wildman–Crippen LogP) is 3.22. The number of hydrogen-bond donors (Lipinski definition) is 1. The van der Waals surface area contributed by atoms with Gasteiger partial charge in [0.25, 0.3) is 0 Å². The van der Waals surface area contributed by atoms with Crippen molar-refractivity contribution in [3.63, 3.8) is 0 Å². The molecule has 0 unspecified atom stereocenters. The number of hydrogen-bond acceptors (Lipinski definition) is 2. The molecular weight excluding hydrogens is 224 g/mol. The Kier molecular flexibility index (Phi) is 3.60. The molecule has 0 saturated carbocycles. The molecule has 0 fully saturated rings. The van der Waals surface area contributed by atoms with Crippen LogP contribution in [0.4, 0.5) is 0 Å². The molecule has 0 spiro atoms. The van der Waals surface area contributed by atoms with Crippen LogP contribution in [-0.4, -0.2) is 16.0 Å². The molecule has 1 N–H and O–H groups in total. The van der Waals surface area contributed by atoms with Crippen LogP contribution in [0.1, 0.15) is 57.0 Å². The number of carbonyl (C=O) groups excluding carboxylic acids is 1. The van der Waals surface area contributed by atoms with Gasteiger partial charge in [-0.2, -0.15) is 5.10 Å². The van der Waals surface area contributed by atoms with Gasteiger partial charge in [-0.15, -0.1) is 0 Å². The number of H-pyrrole nitrogens is 1. The summed E-state index contributed by atoms with van der Waals surface area (Å²) in [6, 6.07) is 0. The van der Waals surface area contributed by atoms with Gasteiger partial charge in [-0.3, -0.25) is 9.89 Å². The number of aromatic nitrogens is 2. The van der Waals surface area contributed by atoms with E-state index >= 15 is 0 Å². The number of aryl methyl sites for hydroxylation is 2. The van der Waals surface area contributed by atoms with E-state index in [2.05, 4.69) is 17.1 Å². The number of carbonyl (C=O) groups is 1. The fourth-order valence-electron chi connectivity index (χ4n) is 2.90. The van der Waals surface area contributed by atoms with Gasteiger partial charge in [0, 0.05) is 17.0 Å². The molecule has 1 aromatic rings. The summed E-state index contributed by atoms with van der Waals surface area (Å²) in [5.74, 6) is 0.633. The maximum Gasteiger partial charge on any atom is 0.141 e. The topological polar surface area (TPSA) is 45.8 Å². The lowest BCUT2D eigenvalue weighted by atomic mass is 9.77. The van der Waals surface area contributed by atoms with E-state index in [0.29, 0.717) is 5.78 Å². The average Bonchev–Trinajstić information content (AvgIpc) is 2.57. The lowest BCUT2D eigenvalue weighted by molar-refractivity contribution is -0.130. The van der Waals surface area contributed by atoms with E-state index in [1.54, 1.807) is 0 Å². The van der Waals surface area contributed by atoms with Crippen LogP contribution in [0.15, 0.2) is 0 Å². The van der Waals surface area contributed by atoms with Gasteiger partial charge < -0.3 is 0 Å². The largest absolute Gasteiger partial charge is 0.299 e. The molecular formula is C15H24N2O. The van der Waals surface area contributed by atoms with Crippen LogP contribution >= 0.6 is 0 Å². The summed E-state index contributed by atoms with van der Waals surface area (Å²) < 4.78 is 0. The molecule has 2 rings (SSSR count). The van der Waals surface area contributed by atoms with Gasteiger partial charge in [0.05, 0.1) is 5.69 Å². The molecule has 3 nitrogen and oxygen atoms in total. The van der Waals surface area contributed by atoms with Crippen molar-refractivity contribution in [3.8, 4) is 0 Å². The summed E-state index contributed by atoms with van der Waals surface area (Å²) in [6.07, 6.45) is 5.07. The van der Waals surface area contributed by atoms with Crippen LogP contribution in [0.3, 0.4) is 0 Å². The Bertz CT molecular complexity index is 440. The van der Waals surface area contributed by atoms with Crippen molar-refractivity contribution in [2.45, 2.75) is 59.8 Å². The third kappa shape index (κ3) is 2.65. The van der Waals surface area contributed by atoms with Crippen molar-refractivity contribution in [2.24, 2.45) is 11.3 Å². The maximum atomic E-state index is 12.4. The average molecular weight is 248 g/mol. The van der Waals surface area contributed by atoms with Crippen LogP contribution in [0.2, 0.25) is 0 Å². The first-order valence-corrected chi connectivity index (χ1v) is 6.96. The zero-order valence-electron chi connectivity index (χ0n) is 12.0. The Hall–Kier alpha value is -1.12. The van der Waals surface area contributed by atoms with E-state index in [-0.39, 0.29) is 11.3 Å². The normalized spacial score (nSPS) is 21.0. The molecule has 1 heterocycles.